The monoisotopic (exact) mass is 429 g/mol. The van der Waals surface area contributed by atoms with Crippen LogP contribution >= 0.6 is 23.2 Å². The van der Waals surface area contributed by atoms with Crippen molar-refractivity contribution in [3.05, 3.63) is 51.8 Å². The number of morpholine rings is 1. The predicted molar refractivity (Wildman–Crippen MR) is 103 cm³/mol. The number of hydrogen-bond donors (Lipinski definition) is 1. The van der Waals surface area contributed by atoms with E-state index in [1.54, 1.807) is 11.8 Å². The molecule has 10 heteroatoms. The van der Waals surface area contributed by atoms with Crippen molar-refractivity contribution in [1.82, 2.24) is 9.88 Å². The number of halogens is 2. The van der Waals surface area contributed by atoms with Crippen molar-refractivity contribution in [2.24, 2.45) is 0 Å². The van der Waals surface area contributed by atoms with Gasteiger partial charge in [-0.05, 0) is 36.8 Å². The highest BCUT2D eigenvalue weighted by molar-refractivity contribution is 7.92. The van der Waals surface area contributed by atoms with E-state index >= 15 is 0 Å². The molecule has 1 aliphatic rings. The van der Waals surface area contributed by atoms with Crippen LogP contribution in [0.2, 0.25) is 10.0 Å². The number of benzene rings is 1. The summed E-state index contributed by atoms with van der Waals surface area (Å²) in [6, 6.07) is 5.70. The smallest absolute Gasteiger partial charge is 0.274 e. The Morgan fingerprint density at radius 2 is 1.93 bits per heavy atom. The Morgan fingerprint density at radius 1 is 1.22 bits per heavy atom. The molecule has 2 aromatic rings. The highest BCUT2D eigenvalue weighted by atomic mass is 35.5. The Labute approximate surface area is 167 Å². The van der Waals surface area contributed by atoms with Gasteiger partial charge in [0, 0.05) is 24.3 Å². The molecule has 1 aromatic heterocycles. The molecule has 0 atom stereocenters. The first kappa shape index (κ1) is 19.9. The Hall–Kier alpha value is -1.87. The molecular weight excluding hydrogens is 413 g/mol. The minimum Gasteiger partial charge on any atom is -0.378 e. The van der Waals surface area contributed by atoms with Gasteiger partial charge in [0.15, 0.2) is 5.69 Å². The fourth-order valence-electron chi connectivity index (χ4n) is 2.59. The molecule has 1 aliphatic heterocycles. The SMILES string of the molecule is Cc1cc(S(=O)(=O)Nc2cc(Cl)cnc2C(=O)N2CCOCC2)ccc1Cl. The van der Waals surface area contributed by atoms with Crippen LogP contribution in [0.15, 0.2) is 35.4 Å². The maximum atomic E-state index is 12.8. The lowest BCUT2D eigenvalue weighted by atomic mass is 10.2. The largest absolute Gasteiger partial charge is 0.378 e. The van der Waals surface area contributed by atoms with Crippen molar-refractivity contribution < 1.29 is 17.9 Å². The molecular formula is C17H17Cl2N3O4S. The van der Waals surface area contributed by atoms with E-state index in [9.17, 15) is 13.2 Å². The van der Waals surface area contributed by atoms with Gasteiger partial charge in [0.1, 0.15) is 0 Å². The third-order valence-electron chi connectivity index (χ3n) is 4.04. The molecule has 1 aromatic carbocycles. The lowest BCUT2D eigenvalue weighted by Crippen LogP contribution is -2.41. The number of rotatable bonds is 4. The summed E-state index contributed by atoms with van der Waals surface area (Å²) in [6.07, 6.45) is 1.31. The fraction of sp³-hybridized carbons (Fsp3) is 0.294. The van der Waals surface area contributed by atoms with Crippen molar-refractivity contribution in [2.75, 3.05) is 31.0 Å². The van der Waals surface area contributed by atoms with Gasteiger partial charge in [-0.1, -0.05) is 23.2 Å². The second kappa shape index (κ2) is 8.02. The van der Waals surface area contributed by atoms with Gasteiger partial charge in [-0.3, -0.25) is 9.52 Å². The highest BCUT2D eigenvalue weighted by Gasteiger charge is 2.25. The topological polar surface area (TPSA) is 88.6 Å². The molecule has 0 bridgehead atoms. The summed E-state index contributed by atoms with van der Waals surface area (Å²) in [5.41, 5.74) is 0.621. The number of pyridine rings is 1. The van der Waals surface area contributed by atoms with Crippen molar-refractivity contribution in [3.63, 3.8) is 0 Å². The first-order chi connectivity index (χ1) is 12.8. The highest BCUT2D eigenvalue weighted by Crippen LogP contribution is 2.25. The first-order valence-electron chi connectivity index (χ1n) is 8.09. The average Bonchev–Trinajstić information content (AvgIpc) is 2.64. The van der Waals surface area contributed by atoms with E-state index in [1.807, 2.05) is 0 Å². The molecule has 27 heavy (non-hydrogen) atoms. The number of anilines is 1. The number of amides is 1. The van der Waals surface area contributed by atoms with Crippen LogP contribution in [0.5, 0.6) is 0 Å². The number of aryl methyl sites for hydroxylation is 1. The maximum absolute atomic E-state index is 12.8. The minimum atomic E-state index is -3.96. The molecule has 7 nitrogen and oxygen atoms in total. The Morgan fingerprint density at radius 3 is 2.59 bits per heavy atom. The molecule has 1 N–H and O–H groups in total. The van der Waals surface area contributed by atoms with Gasteiger partial charge in [0.05, 0.1) is 28.8 Å². The summed E-state index contributed by atoms with van der Waals surface area (Å²) >= 11 is 11.9. The third kappa shape index (κ3) is 4.52. The molecule has 1 saturated heterocycles. The molecule has 0 aliphatic carbocycles. The number of aromatic nitrogens is 1. The van der Waals surface area contributed by atoms with Crippen LogP contribution in [0, 0.1) is 6.92 Å². The van der Waals surface area contributed by atoms with Gasteiger partial charge in [-0.25, -0.2) is 13.4 Å². The first-order valence-corrected chi connectivity index (χ1v) is 10.3. The summed E-state index contributed by atoms with van der Waals surface area (Å²) in [5, 5.41) is 0.667. The average molecular weight is 430 g/mol. The molecule has 144 valence electrons. The Kier molecular flexibility index (Phi) is 5.90. The molecule has 1 fully saturated rings. The number of carbonyl (C=O) groups excluding carboxylic acids is 1. The molecule has 3 rings (SSSR count). The summed E-state index contributed by atoms with van der Waals surface area (Å²) in [5.74, 6) is -0.389. The number of nitrogens with zero attached hydrogens (tertiary/aromatic N) is 2. The zero-order chi connectivity index (χ0) is 19.6. The van der Waals surface area contributed by atoms with Crippen molar-refractivity contribution in [1.29, 1.82) is 0 Å². The van der Waals surface area contributed by atoms with E-state index in [-0.39, 0.29) is 27.2 Å². The summed E-state index contributed by atoms with van der Waals surface area (Å²) in [6.45, 7) is 3.36. The Balaban J connectivity index is 1.94. The number of hydrogen-bond acceptors (Lipinski definition) is 5. The van der Waals surface area contributed by atoms with Crippen LogP contribution in [-0.4, -0.2) is 50.5 Å². The zero-order valence-corrected chi connectivity index (χ0v) is 16.7. The normalized spacial score (nSPS) is 14.9. The molecule has 1 amide bonds. The van der Waals surface area contributed by atoms with Gasteiger partial charge in [0.2, 0.25) is 0 Å². The number of ether oxygens (including phenoxy) is 1. The van der Waals surface area contributed by atoms with Crippen LogP contribution in [0.4, 0.5) is 5.69 Å². The van der Waals surface area contributed by atoms with Crippen LogP contribution in [-0.2, 0) is 14.8 Å². The van der Waals surface area contributed by atoms with Crippen molar-refractivity contribution in [3.8, 4) is 0 Å². The zero-order valence-electron chi connectivity index (χ0n) is 14.4. The minimum absolute atomic E-state index is 0.0180. The van der Waals surface area contributed by atoms with Crippen LogP contribution < -0.4 is 4.72 Å². The number of nitrogens with one attached hydrogen (secondary N) is 1. The summed E-state index contributed by atoms with van der Waals surface area (Å²) in [7, 11) is -3.96. The van der Waals surface area contributed by atoms with Gasteiger partial charge in [-0.15, -0.1) is 0 Å². The van der Waals surface area contributed by atoms with E-state index in [0.717, 1.165) is 0 Å². The van der Waals surface area contributed by atoms with E-state index in [1.165, 1.54) is 30.5 Å². The molecule has 0 radical (unpaired) electrons. The van der Waals surface area contributed by atoms with Gasteiger partial charge < -0.3 is 9.64 Å². The van der Waals surface area contributed by atoms with Gasteiger partial charge in [-0.2, -0.15) is 0 Å². The van der Waals surface area contributed by atoms with Gasteiger partial charge in [0.25, 0.3) is 15.9 Å². The van der Waals surface area contributed by atoms with E-state index in [4.69, 9.17) is 27.9 Å². The quantitative estimate of drug-likeness (QED) is 0.806. The van der Waals surface area contributed by atoms with Crippen molar-refractivity contribution >= 4 is 44.8 Å². The van der Waals surface area contributed by atoms with Crippen LogP contribution in [0.25, 0.3) is 0 Å². The fourth-order valence-corrected chi connectivity index (χ4v) is 4.01. The summed E-state index contributed by atoms with van der Waals surface area (Å²) in [4.78, 5) is 18.4. The lowest BCUT2D eigenvalue weighted by molar-refractivity contribution is 0.0300. The number of sulfonamides is 1. The van der Waals surface area contributed by atoms with Crippen molar-refractivity contribution in [2.45, 2.75) is 11.8 Å². The molecule has 0 unspecified atom stereocenters. The standard InChI is InChI=1S/C17H17Cl2N3O4S/c1-11-8-13(2-3-14(11)19)27(24,25)21-15-9-12(18)10-20-16(15)17(23)22-4-6-26-7-5-22/h2-3,8-10,21H,4-7H2,1H3. The lowest BCUT2D eigenvalue weighted by Gasteiger charge is -2.27. The maximum Gasteiger partial charge on any atom is 0.274 e. The van der Waals surface area contributed by atoms with E-state index < -0.39 is 10.0 Å². The second-order valence-electron chi connectivity index (χ2n) is 5.97. The molecule has 2 heterocycles. The summed E-state index contributed by atoms with van der Waals surface area (Å²) < 4.78 is 33.2. The molecule has 0 spiro atoms. The van der Waals surface area contributed by atoms with E-state index in [0.29, 0.717) is 36.9 Å². The van der Waals surface area contributed by atoms with E-state index in [2.05, 4.69) is 9.71 Å². The predicted octanol–water partition coefficient (Wildman–Crippen LogP) is 2.97. The molecule has 0 saturated carbocycles. The van der Waals surface area contributed by atoms with Gasteiger partial charge >= 0.3 is 0 Å². The van der Waals surface area contributed by atoms with Crippen LogP contribution in [0.3, 0.4) is 0 Å². The Bertz CT molecular complexity index is 976. The van der Waals surface area contributed by atoms with Crippen LogP contribution in [0.1, 0.15) is 16.1 Å². The number of carbonyl (C=O) groups is 1. The second-order valence-corrected chi connectivity index (χ2v) is 8.50. The third-order valence-corrected chi connectivity index (χ3v) is 6.03.